The lowest BCUT2D eigenvalue weighted by molar-refractivity contribution is -0.157. The lowest BCUT2D eigenvalue weighted by Gasteiger charge is -2.19. The van der Waals surface area contributed by atoms with E-state index in [1.54, 1.807) is 0 Å². The average Bonchev–Trinajstić information content (AvgIpc) is 3.22. The van der Waals surface area contributed by atoms with Gasteiger partial charge in [-0.25, -0.2) is 0 Å². The monoisotopic (exact) mass is 865 g/mol. The Morgan fingerprint density at radius 2 is 0.948 bits per heavy atom. The molecule has 0 saturated heterocycles. The zero-order valence-electron chi connectivity index (χ0n) is 36.5. The van der Waals surface area contributed by atoms with E-state index in [4.69, 9.17) is 35.2 Å². The van der Waals surface area contributed by atoms with Crippen LogP contribution in [0.25, 0.3) is 0 Å². The third kappa shape index (κ3) is 38.6. The van der Waals surface area contributed by atoms with Crippen molar-refractivity contribution in [2.45, 2.75) is 173 Å². The summed E-state index contributed by atoms with van der Waals surface area (Å²) in [6, 6.07) is -1.33. The van der Waals surface area contributed by atoms with Crippen LogP contribution < -0.4 is 22.1 Å². The topological polar surface area (TPSA) is 191 Å². The van der Waals surface area contributed by atoms with E-state index in [1.165, 1.54) is 88.8 Å². The standard InChI is InChI=1S/C43H84N4O9S2/c1-3-5-7-9-11-13-15-17-19-23-40(48)55-33-37(56-41(49)24-20-18-16-14-12-10-8-6-4-2)35-58-36-39(45)43(51)47-26-22-28-53-30-32-54-31-29-52-27-21-25-46-42(50)38(44)34-57/h37-39,57H,3-36,44-45H2,1-2H3,(H,46,50)(H,47,51)/t37-,38?,39+/m1/s1. The lowest BCUT2D eigenvalue weighted by Crippen LogP contribution is -2.43. The van der Waals surface area contributed by atoms with Crippen LogP contribution in [0.3, 0.4) is 0 Å². The Kier molecular flexibility index (Phi) is 42.3. The molecular formula is C43H84N4O9S2. The fourth-order valence-electron chi connectivity index (χ4n) is 5.84. The molecule has 0 radical (unpaired) electrons. The number of hydrogen-bond acceptors (Lipinski definition) is 13. The zero-order chi connectivity index (χ0) is 42.7. The van der Waals surface area contributed by atoms with Gasteiger partial charge in [-0.3, -0.25) is 19.2 Å². The Labute approximate surface area is 361 Å². The van der Waals surface area contributed by atoms with Gasteiger partial charge in [0.05, 0.1) is 38.5 Å². The van der Waals surface area contributed by atoms with Gasteiger partial charge >= 0.3 is 11.9 Å². The molecule has 0 fully saturated rings. The summed E-state index contributed by atoms with van der Waals surface area (Å²) in [4.78, 5) is 49.4. The summed E-state index contributed by atoms with van der Waals surface area (Å²) in [6.07, 6.45) is 22.4. The Hall–Kier alpha value is -1.62. The minimum absolute atomic E-state index is 0.00266. The summed E-state index contributed by atoms with van der Waals surface area (Å²) in [5.74, 6) is -0.000826. The fourth-order valence-corrected chi connectivity index (χ4v) is 6.97. The van der Waals surface area contributed by atoms with E-state index < -0.39 is 18.2 Å². The number of rotatable bonds is 44. The van der Waals surface area contributed by atoms with E-state index in [0.717, 1.165) is 38.5 Å². The van der Waals surface area contributed by atoms with Gasteiger partial charge in [-0.2, -0.15) is 24.4 Å². The van der Waals surface area contributed by atoms with Crippen molar-refractivity contribution >= 4 is 48.1 Å². The van der Waals surface area contributed by atoms with Gasteiger partial charge in [0.1, 0.15) is 12.7 Å². The Bertz CT molecular complexity index is 986. The number of thioether (sulfide) groups is 1. The second-order valence-electron chi connectivity index (χ2n) is 15.0. The number of esters is 2. The molecule has 6 N–H and O–H groups in total. The van der Waals surface area contributed by atoms with Crippen LogP contribution in [0.5, 0.6) is 0 Å². The first-order valence-electron chi connectivity index (χ1n) is 22.6. The van der Waals surface area contributed by atoms with Crippen molar-refractivity contribution in [3.05, 3.63) is 0 Å². The maximum absolute atomic E-state index is 12.7. The zero-order valence-corrected chi connectivity index (χ0v) is 38.2. The number of hydrogen-bond donors (Lipinski definition) is 5. The maximum Gasteiger partial charge on any atom is 0.306 e. The maximum atomic E-state index is 12.7. The summed E-state index contributed by atoms with van der Waals surface area (Å²) in [7, 11) is 0. The average molecular weight is 865 g/mol. The molecule has 0 aromatic rings. The van der Waals surface area contributed by atoms with Crippen molar-refractivity contribution in [3.8, 4) is 0 Å². The molecule has 0 aliphatic rings. The van der Waals surface area contributed by atoms with Crippen molar-refractivity contribution in [1.29, 1.82) is 0 Å². The number of ether oxygens (including phenoxy) is 5. The molecule has 0 heterocycles. The summed E-state index contributed by atoms with van der Waals surface area (Å²) < 4.78 is 27.9. The molecule has 342 valence electrons. The molecule has 15 heteroatoms. The third-order valence-corrected chi connectivity index (χ3v) is 11.0. The van der Waals surface area contributed by atoms with Gasteiger partial charge in [0.2, 0.25) is 11.8 Å². The first-order chi connectivity index (χ1) is 28.2. The highest BCUT2D eigenvalue weighted by Gasteiger charge is 2.20. The first-order valence-corrected chi connectivity index (χ1v) is 24.4. The van der Waals surface area contributed by atoms with E-state index >= 15 is 0 Å². The summed E-state index contributed by atoms with van der Waals surface area (Å²) in [6.45, 7) is 8.12. The predicted octanol–water partition coefficient (Wildman–Crippen LogP) is 6.66. The molecular weight excluding hydrogens is 781 g/mol. The second-order valence-corrected chi connectivity index (χ2v) is 16.5. The van der Waals surface area contributed by atoms with E-state index in [9.17, 15) is 19.2 Å². The minimum atomic E-state index is -0.732. The number of nitrogens with one attached hydrogen (secondary N) is 2. The molecule has 0 spiro atoms. The molecule has 13 nitrogen and oxygen atoms in total. The van der Waals surface area contributed by atoms with E-state index in [2.05, 4.69) is 37.1 Å². The van der Waals surface area contributed by atoms with Gasteiger partial charge in [-0.1, -0.05) is 117 Å². The molecule has 0 aromatic carbocycles. The largest absolute Gasteiger partial charge is 0.462 e. The van der Waals surface area contributed by atoms with Crippen molar-refractivity contribution in [1.82, 2.24) is 10.6 Å². The highest BCUT2D eigenvalue weighted by molar-refractivity contribution is 7.99. The number of amides is 2. The highest BCUT2D eigenvalue weighted by Crippen LogP contribution is 2.15. The molecule has 0 aliphatic heterocycles. The van der Waals surface area contributed by atoms with Gasteiger partial charge in [-0.15, -0.1) is 0 Å². The number of unbranched alkanes of at least 4 members (excludes halogenated alkanes) is 16. The van der Waals surface area contributed by atoms with Gasteiger partial charge in [0.15, 0.2) is 0 Å². The molecule has 1 unspecified atom stereocenters. The Balaban J connectivity index is 4.27. The molecule has 0 saturated carbocycles. The van der Waals surface area contributed by atoms with E-state index in [1.807, 2.05) is 0 Å². The van der Waals surface area contributed by atoms with Crippen LogP contribution in [0.1, 0.15) is 155 Å². The van der Waals surface area contributed by atoms with Gasteiger partial charge in [-0.05, 0) is 25.7 Å². The molecule has 2 amide bonds. The Morgan fingerprint density at radius 1 is 0.534 bits per heavy atom. The predicted molar refractivity (Wildman–Crippen MR) is 239 cm³/mol. The summed E-state index contributed by atoms with van der Waals surface area (Å²) >= 11 is 5.41. The van der Waals surface area contributed by atoms with Gasteiger partial charge in [0, 0.05) is 56.4 Å². The molecule has 0 bridgehead atoms. The molecule has 0 aliphatic carbocycles. The van der Waals surface area contributed by atoms with Crippen LogP contribution in [0.4, 0.5) is 0 Å². The summed E-state index contributed by atoms with van der Waals surface area (Å²) in [5.41, 5.74) is 11.8. The van der Waals surface area contributed by atoms with Crippen LogP contribution in [0.15, 0.2) is 0 Å². The normalized spacial score (nSPS) is 12.8. The smallest absolute Gasteiger partial charge is 0.306 e. The SMILES string of the molecule is CCCCCCCCCCCC(=O)OC[C@H](CSC[C@H](N)C(=O)NCCCOCCOCCOCCCNC(=O)C(N)CS)OC(=O)CCCCCCCCCCC. The fraction of sp³-hybridized carbons (Fsp3) is 0.907. The van der Waals surface area contributed by atoms with Crippen molar-refractivity contribution in [2.24, 2.45) is 11.5 Å². The van der Waals surface area contributed by atoms with Crippen LogP contribution >= 0.6 is 24.4 Å². The third-order valence-electron chi connectivity index (χ3n) is 9.44. The number of carbonyl (C=O) groups is 4. The van der Waals surface area contributed by atoms with E-state index in [-0.39, 0.29) is 30.4 Å². The van der Waals surface area contributed by atoms with Crippen LogP contribution in [-0.2, 0) is 42.9 Å². The van der Waals surface area contributed by atoms with Crippen molar-refractivity contribution in [2.75, 3.05) is 76.6 Å². The van der Waals surface area contributed by atoms with Crippen LogP contribution in [0, 0.1) is 0 Å². The molecule has 0 aromatic heterocycles. The number of carbonyl (C=O) groups excluding carboxylic acids is 4. The van der Waals surface area contributed by atoms with Crippen LogP contribution in [0.2, 0.25) is 0 Å². The summed E-state index contributed by atoms with van der Waals surface area (Å²) in [5, 5.41) is 5.58. The van der Waals surface area contributed by atoms with Crippen molar-refractivity contribution in [3.63, 3.8) is 0 Å². The van der Waals surface area contributed by atoms with Gasteiger partial charge in [0.25, 0.3) is 0 Å². The van der Waals surface area contributed by atoms with Crippen LogP contribution in [-0.4, -0.2) is 119 Å². The Morgan fingerprint density at radius 3 is 1.41 bits per heavy atom. The number of nitrogens with two attached hydrogens (primary N) is 2. The first kappa shape index (κ1) is 56.4. The molecule has 58 heavy (non-hydrogen) atoms. The minimum Gasteiger partial charge on any atom is -0.462 e. The molecule has 3 atom stereocenters. The van der Waals surface area contributed by atoms with E-state index in [0.29, 0.717) is 95.7 Å². The lowest BCUT2D eigenvalue weighted by atomic mass is 10.1. The van der Waals surface area contributed by atoms with Crippen molar-refractivity contribution < 1.29 is 42.9 Å². The molecule has 0 rings (SSSR count). The second kappa shape index (κ2) is 43.5. The highest BCUT2D eigenvalue weighted by atomic mass is 32.2. The number of thiol groups is 1. The van der Waals surface area contributed by atoms with Gasteiger partial charge < -0.3 is 45.8 Å². The quantitative estimate of drug-likeness (QED) is 0.0249.